The summed E-state index contributed by atoms with van der Waals surface area (Å²) < 4.78 is 16.6. The summed E-state index contributed by atoms with van der Waals surface area (Å²) in [6, 6.07) is 0. The van der Waals surface area contributed by atoms with E-state index < -0.39 is 62.2 Å². The third-order valence-corrected chi connectivity index (χ3v) is 12.3. The van der Waals surface area contributed by atoms with Crippen LogP contribution in [-0.2, 0) is 23.8 Å². The van der Waals surface area contributed by atoms with Crippen molar-refractivity contribution in [3.63, 3.8) is 0 Å². The van der Waals surface area contributed by atoms with Gasteiger partial charge in [0.25, 0.3) is 0 Å². The summed E-state index contributed by atoms with van der Waals surface area (Å²) in [5.74, 6) is -0.375. The minimum absolute atomic E-state index is 0.161. The fourth-order valence-corrected chi connectivity index (χ4v) is 8.10. The monoisotopic (exact) mass is 876 g/mol. The highest BCUT2D eigenvalue weighted by atomic mass is 16.7. The first kappa shape index (κ1) is 58.1. The number of hydrogen-bond acceptors (Lipinski definition) is 11. The lowest BCUT2D eigenvalue weighted by molar-refractivity contribution is -0.309. The quantitative estimate of drug-likeness (QED) is 0.0228. The van der Waals surface area contributed by atoms with Crippen LogP contribution < -0.4 is 5.48 Å². The topological polar surface area (TPSA) is 187 Å². The Morgan fingerprint density at radius 2 is 0.934 bits per heavy atom. The molecule has 61 heavy (non-hydrogen) atoms. The van der Waals surface area contributed by atoms with Crippen LogP contribution in [0, 0.1) is 0 Å². The van der Waals surface area contributed by atoms with E-state index in [0.717, 1.165) is 38.5 Å². The molecule has 1 amide bonds. The van der Waals surface area contributed by atoms with Gasteiger partial charge >= 0.3 is 0 Å². The Hall–Kier alpha value is -0.930. The van der Waals surface area contributed by atoms with E-state index >= 15 is 0 Å². The summed E-state index contributed by atoms with van der Waals surface area (Å²) in [6.45, 7) is 3.69. The number of aliphatic hydroxyl groups excluding tert-OH is 6. The van der Waals surface area contributed by atoms with Crippen LogP contribution in [0.1, 0.15) is 232 Å². The third kappa shape index (κ3) is 31.6. The van der Waals surface area contributed by atoms with Crippen molar-refractivity contribution >= 4 is 5.91 Å². The first-order valence-electron chi connectivity index (χ1n) is 25.6. The van der Waals surface area contributed by atoms with Crippen LogP contribution in [0.3, 0.4) is 0 Å². The van der Waals surface area contributed by atoms with Crippen molar-refractivity contribution < 1.29 is 54.5 Å². The zero-order chi connectivity index (χ0) is 44.6. The van der Waals surface area contributed by atoms with Gasteiger partial charge in [0.2, 0.25) is 5.91 Å². The molecular weight excluding hydrogens is 779 g/mol. The summed E-state index contributed by atoms with van der Waals surface area (Å²) in [6.07, 6.45) is 30.4. The van der Waals surface area contributed by atoms with Crippen LogP contribution in [0.2, 0.25) is 0 Å². The molecule has 1 heterocycles. The number of nitrogens with one attached hydrogen (secondary N) is 1. The Labute approximate surface area is 372 Å². The molecule has 0 saturated carbocycles. The molecule has 0 unspecified atom stereocenters. The summed E-state index contributed by atoms with van der Waals surface area (Å²) >= 11 is 0. The van der Waals surface area contributed by atoms with Gasteiger partial charge in [-0.15, -0.1) is 0 Å². The Balaban J connectivity index is 2.24. The lowest BCUT2D eigenvalue weighted by Crippen LogP contribution is -2.59. The molecule has 12 heteroatoms. The molecule has 1 saturated heterocycles. The van der Waals surface area contributed by atoms with Crippen molar-refractivity contribution in [1.29, 1.82) is 0 Å². The highest BCUT2D eigenvalue weighted by molar-refractivity contribution is 5.74. The Kier molecular flexibility index (Phi) is 39.8. The van der Waals surface area contributed by atoms with Crippen molar-refractivity contribution in [2.24, 2.45) is 0 Å². The van der Waals surface area contributed by atoms with Crippen molar-refractivity contribution in [2.75, 3.05) is 26.4 Å². The molecule has 0 radical (unpaired) electrons. The molecular formula is C49H97NO11. The number of amides is 1. The van der Waals surface area contributed by atoms with E-state index in [9.17, 15) is 35.4 Å². The molecule has 0 bridgehead atoms. The zero-order valence-corrected chi connectivity index (χ0v) is 39.2. The van der Waals surface area contributed by atoms with Crippen LogP contribution in [-0.4, -0.2) is 112 Å². The maximum Gasteiger partial charge on any atom is 0.243 e. The van der Waals surface area contributed by atoms with Gasteiger partial charge in [0.15, 0.2) is 6.29 Å². The van der Waals surface area contributed by atoms with Crippen molar-refractivity contribution in [3.8, 4) is 0 Å². The van der Waals surface area contributed by atoms with Crippen molar-refractivity contribution in [3.05, 3.63) is 0 Å². The lowest BCUT2D eigenvalue weighted by Gasteiger charge is -2.40. The van der Waals surface area contributed by atoms with E-state index in [2.05, 4.69) is 19.3 Å². The standard InChI is InChI=1S/C49H97NO11/c1-3-5-7-9-11-13-15-16-17-18-19-20-21-22-23-24-25-26-27-28-30-32-34-36-44(53)50-61-43(40-59-49-48(57)47(56)46(55)42(38-51)60-49)45(54)41(52)39-58-37-35-33-31-29-14-12-10-8-6-4-2/h41-43,45-49,51-52,54-57H,3-40H2,1-2H3,(H,50,53)/t41-,42-,43+,45-,46+,47+,48-,49+/m1/s1. The van der Waals surface area contributed by atoms with Gasteiger partial charge in [-0.05, 0) is 12.8 Å². The molecule has 0 spiro atoms. The number of hydroxylamine groups is 1. The molecule has 1 aliphatic rings. The van der Waals surface area contributed by atoms with E-state index in [0.29, 0.717) is 13.0 Å². The van der Waals surface area contributed by atoms with Crippen molar-refractivity contribution in [1.82, 2.24) is 5.48 Å². The average Bonchev–Trinajstić information content (AvgIpc) is 3.26. The second kappa shape index (κ2) is 41.8. The van der Waals surface area contributed by atoms with Gasteiger partial charge < -0.3 is 44.8 Å². The van der Waals surface area contributed by atoms with E-state index in [4.69, 9.17) is 19.0 Å². The van der Waals surface area contributed by atoms with Crippen LogP contribution in [0.25, 0.3) is 0 Å². The van der Waals surface area contributed by atoms with E-state index in [1.807, 2.05) is 0 Å². The van der Waals surface area contributed by atoms with Gasteiger partial charge in [-0.2, -0.15) is 0 Å². The molecule has 1 rings (SSSR count). The molecule has 0 aromatic carbocycles. The molecule has 0 aromatic heterocycles. The first-order chi connectivity index (χ1) is 29.8. The maximum atomic E-state index is 12.7. The van der Waals surface area contributed by atoms with Gasteiger partial charge in [0, 0.05) is 13.0 Å². The summed E-state index contributed by atoms with van der Waals surface area (Å²) in [4.78, 5) is 18.2. The second-order valence-electron chi connectivity index (χ2n) is 18.1. The Morgan fingerprint density at radius 1 is 0.541 bits per heavy atom. The van der Waals surface area contributed by atoms with Gasteiger partial charge in [0.1, 0.15) is 42.7 Å². The Bertz CT molecular complexity index is 946. The Morgan fingerprint density at radius 3 is 1.34 bits per heavy atom. The smallest absolute Gasteiger partial charge is 0.243 e. The summed E-state index contributed by atoms with van der Waals surface area (Å²) in [7, 11) is 0. The van der Waals surface area contributed by atoms with Gasteiger partial charge in [-0.25, -0.2) is 5.48 Å². The second-order valence-corrected chi connectivity index (χ2v) is 18.1. The normalized spacial score (nSPS) is 20.8. The SMILES string of the molecule is CCCCCCCCCCCCCCCCCCCCCCCCCC(=O)NO[C@@H](CO[C@H]1O[C@H](CO)[C@H](O)[C@H](O)[C@H]1O)[C@H](O)[C@H](O)COCCCCCCCCCCCC. The van der Waals surface area contributed by atoms with Gasteiger partial charge in [-0.1, -0.05) is 213 Å². The van der Waals surface area contributed by atoms with E-state index in [1.54, 1.807) is 0 Å². The number of unbranched alkanes of at least 4 members (excludes halogenated alkanes) is 31. The number of carbonyl (C=O) groups excluding carboxylic acids is 1. The minimum Gasteiger partial charge on any atom is -0.394 e. The van der Waals surface area contributed by atoms with E-state index in [-0.39, 0.29) is 18.9 Å². The molecule has 0 aliphatic carbocycles. The maximum absolute atomic E-state index is 12.7. The molecule has 7 N–H and O–H groups in total. The average molecular weight is 876 g/mol. The number of aliphatic hydroxyl groups is 6. The molecule has 12 nitrogen and oxygen atoms in total. The highest BCUT2D eigenvalue weighted by Gasteiger charge is 2.44. The van der Waals surface area contributed by atoms with Gasteiger partial charge in [0.05, 0.1) is 19.8 Å². The first-order valence-corrected chi connectivity index (χ1v) is 25.6. The largest absolute Gasteiger partial charge is 0.394 e. The third-order valence-electron chi connectivity index (χ3n) is 12.3. The zero-order valence-electron chi connectivity index (χ0n) is 39.2. The fourth-order valence-electron chi connectivity index (χ4n) is 8.10. The number of hydrogen-bond donors (Lipinski definition) is 7. The number of rotatable bonds is 45. The number of carbonyl (C=O) groups is 1. The molecule has 364 valence electrons. The van der Waals surface area contributed by atoms with Gasteiger partial charge in [-0.3, -0.25) is 9.63 Å². The van der Waals surface area contributed by atoms with Crippen molar-refractivity contribution in [2.45, 2.75) is 281 Å². The van der Waals surface area contributed by atoms with Crippen LogP contribution in [0.4, 0.5) is 0 Å². The fraction of sp³-hybridized carbons (Fsp3) is 0.980. The highest BCUT2D eigenvalue weighted by Crippen LogP contribution is 2.23. The predicted octanol–water partition coefficient (Wildman–Crippen LogP) is 9.26. The molecule has 1 fully saturated rings. The summed E-state index contributed by atoms with van der Waals surface area (Å²) in [5, 5.41) is 61.9. The molecule has 0 aromatic rings. The summed E-state index contributed by atoms with van der Waals surface area (Å²) in [5.41, 5.74) is 2.37. The number of ether oxygens (including phenoxy) is 3. The lowest BCUT2D eigenvalue weighted by atomic mass is 9.99. The molecule has 8 atom stereocenters. The van der Waals surface area contributed by atoms with Crippen LogP contribution in [0.5, 0.6) is 0 Å². The van der Waals surface area contributed by atoms with Crippen LogP contribution >= 0.6 is 0 Å². The minimum atomic E-state index is -1.65. The van der Waals surface area contributed by atoms with E-state index in [1.165, 1.54) is 167 Å². The predicted molar refractivity (Wildman–Crippen MR) is 244 cm³/mol. The molecule has 1 aliphatic heterocycles. The van der Waals surface area contributed by atoms with Crippen LogP contribution in [0.15, 0.2) is 0 Å².